The van der Waals surface area contributed by atoms with Gasteiger partial charge in [0.15, 0.2) is 0 Å². The number of aromatic nitrogens is 2. The average molecular weight is 310 g/mol. The number of thiophene rings is 1. The standard InChI is InChI=1S/C15H20ClN3S/c1-3-17-14(15-11(16)9-18-19(15)4-2)13-8-10-6-5-7-12(10)20-13/h8-9,14,17H,3-7H2,1-2H3. The van der Waals surface area contributed by atoms with Crippen LogP contribution in [0.25, 0.3) is 0 Å². The maximum atomic E-state index is 6.38. The Morgan fingerprint density at radius 2 is 2.30 bits per heavy atom. The van der Waals surface area contributed by atoms with Gasteiger partial charge in [-0.1, -0.05) is 18.5 Å². The van der Waals surface area contributed by atoms with E-state index in [1.54, 1.807) is 11.1 Å². The number of rotatable bonds is 5. The summed E-state index contributed by atoms with van der Waals surface area (Å²) in [4.78, 5) is 2.93. The quantitative estimate of drug-likeness (QED) is 0.910. The number of hydrogen-bond acceptors (Lipinski definition) is 3. The lowest BCUT2D eigenvalue weighted by atomic mass is 10.1. The fourth-order valence-electron chi connectivity index (χ4n) is 2.94. The lowest BCUT2D eigenvalue weighted by Gasteiger charge is -2.18. The maximum Gasteiger partial charge on any atom is 0.0857 e. The second kappa shape index (κ2) is 5.88. The van der Waals surface area contributed by atoms with Crippen LogP contribution in [-0.2, 0) is 19.4 Å². The van der Waals surface area contributed by atoms with Gasteiger partial charge in [-0.15, -0.1) is 11.3 Å². The van der Waals surface area contributed by atoms with Crippen LogP contribution in [0.1, 0.15) is 47.3 Å². The molecule has 0 spiro atoms. The first-order valence-corrected chi connectivity index (χ1v) is 8.50. The molecule has 0 radical (unpaired) electrons. The Hall–Kier alpha value is -0.840. The molecule has 0 aliphatic heterocycles. The molecule has 3 rings (SSSR count). The normalized spacial score (nSPS) is 15.6. The molecule has 2 aromatic heterocycles. The molecule has 0 amide bonds. The number of fused-ring (bicyclic) bond motifs is 1. The van der Waals surface area contributed by atoms with Crippen LogP contribution in [0.5, 0.6) is 0 Å². The van der Waals surface area contributed by atoms with Gasteiger partial charge >= 0.3 is 0 Å². The molecule has 1 unspecified atom stereocenters. The minimum atomic E-state index is 0.158. The van der Waals surface area contributed by atoms with Crippen molar-refractivity contribution in [2.75, 3.05) is 6.54 Å². The Bertz CT molecular complexity index is 581. The van der Waals surface area contributed by atoms with E-state index in [2.05, 4.69) is 30.3 Å². The Balaban J connectivity index is 2.01. The first-order valence-electron chi connectivity index (χ1n) is 7.30. The zero-order valence-corrected chi connectivity index (χ0v) is 13.5. The SMILES string of the molecule is CCNC(c1cc2c(s1)CCC2)c1c(Cl)cnn1CC. The second-order valence-corrected chi connectivity index (χ2v) is 6.71. The second-order valence-electron chi connectivity index (χ2n) is 5.13. The minimum absolute atomic E-state index is 0.158. The van der Waals surface area contributed by atoms with E-state index in [1.807, 2.05) is 16.0 Å². The first kappa shape index (κ1) is 14.1. The third kappa shape index (κ3) is 2.41. The summed E-state index contributed by atoms with van der Waals surface area (Å²) in [6.45, 7) is 5.99. The number of halogens is 1. The number of nitrogens with one attached hydrogen (secondary N) is 1. The van der Waals surface area contributed by atoms with Crippen molar-refractivity contribution in [1.82, 2.24) is 15.1 Å². The van der Waals surface area contributed by atoms with Crippen LogP contribution in [0.3, 0.4) is 0 Å². The lowest BCUT2D eigenvalue weighted by molar-refractivity contribution is 0.547. The molecule has 20 heavy (non-hydrogen) atoms. The Morgan fingerprint density at radius 3 is 3.00 bits per heavy atom. The van der Waals surface area contributed by atoms with Gasteiger partial charge in [0, 0.05) is 16.3 Å². The van der Waals surface area contributed by atoms with Gasteiger partial charge in [0.25, 0.3) is 0 Å². The van der Waals surface area contributed by atoms with Gasteiger partial charge in [0.05, 0.1) is 23.0 Å². The van der Waals surface area contributed by atoms with E-state index in [4.69, 9.17) is 11.6 Å². The van der Waals surface area contributed by atoms with Crippen molar-refractivity contribution in [3.05, 3.63) is 38.3 Å². The van der Waals surface area contributed by atoms with Crippen molar-refractivity contribution in [3.63, 3.8) is 0 Å². The zero-order valence-electron chi connectivity index (χ0n) is 11.9. The third-order valence-corrected chi connectivity index (χ3v) is 5.46. The summed E-state index contributed by atoms with van der Waals surface area (Å²) in [7, 11) is 0. The molecule has 0 bridgehead atoms. The van der Waals surface area contributed by atoms with Crippen LogP contribution in [0.4, 0.5) is 0 Å². The Kier molecular flexibility index (Phi) is 4.15. The van der Waals surface area contributed by atoms with E-state index in [0.717, 1.165) is 23.8 Å². The molecule has 5 heteroatoms. The fourth-order valence-corrected chi connectivity index (χ4v) is 4.53. The van der Waals surface area contributed by atoms with E-state index >= 15 is 0 Å². The largest absolute Gasteiger partial charge is 0.305 e. The van der Waals surface area contributed by atoms with Crippen molar-refractivity contribution < 1.29 is 0 Å². The van der Waals surface area contributed by atoms with Crippen molar-refractivity contribution in [2.45, 2.75) is 45.7 Å². The molecule has 1 atom stereocenters. The predicted molar refractivity (Wildman–Crippen MR) is 84.8 cm³/mol. The van der Waals surface area contributed by atoms with Gasteiger partial charge in [0.2, 0.25) is 0 Å². The minimum Gasteiger partial charge on any atom is -0.305 e. The lowest BCUT2D eigenvalue weighted by Crippen LogP contribution is -2.24. The van der Waals surface area contributed by atoms with Gasteiger partial charge in [0.1, 0.15) is 0 Å². The molecular formula is C15H20ClN3S. The van der Waals surface area contributed by atoms with Gasteiger partial charge in [-0.3, -0.25) is 4.68 Å². The van der Waals surface area contributed by atoms with Gasteiger partial charge in [-0.05, 0) is 44.4 Å². The zero-order chi connectivity index (χ0) is 14.1. The Morgan fingerprint density at radius 1 is 1.45 bits per heavy atom. The van der Waals surface area contributed by atoms with Crippen LogP contribution in [0.15, 0.2) is 12.3 Å². The molecule has 1 N–H and O–H groups in total. The molecular weight excluding hydrogens is 290 g/mol. The molecule has 1 aliphatic rings. The topological polar surface area (TPSA) is 29.9 Å². The van der Waals surface area contributed by atoms with Crippen molar-refractivity contribution in [1.29, 1.82) is 0 Å². The summed E-state index contributed by atoms with van der Waals surface area (Å²) in [6, 6.07) is 2.52. The third-order valence-electron chi connectivity index (χ3n) is 3.86. The molecule has 1 aliphatic carbocycles. The van der Waals surface area contributed by atoms with Crippen LogP contribution < -0.4 is 5.32 Å². The molecule has 0 saturated carbocycles. The monoisotopic (exact) mass is 309 g/mol. The van der Waals surface area contributed by atoms with Crippen molar-refractivity contribution >= 4 is 22.9 Å². The van der Waals surface area contributed by atoms with E-state index in [0.29, 0.717) is 0 Å². The van der Waals surface area contributed by atoms with Crippen molar-refractivity contribution in [2.24, 2.45) is 0 Å². The summed E-state index contributed by atoms with van der Waals surface area (Å²) < 4.78 is 2.00. The van der Waals surface area contributed by atoms with E-state index in [1.165, 1.54) is 29.7 Å². The van der Waals surface area contributed by atoms with Crippen LogP contribution in [0.2, 0.25) is 5.02 Å². The van der Waals surface area contributed by atoms with Crippen LogP contribution >= 0.6 is 22.9 Å². The van der Waals surface area contributed by atoms with Crippen LogP contribution in [-0.4, -0.2) is 16.3 Å². The van der Waals surface area contributed by atoms with Gasteiger partial charge < -0.3 is 5.32 Å². The van der Waals surface area contributed by atoms with Gasteiger partial charge in [-0.25, -0.2) is 0 Å². The molecule has 0 aromatic carbocycles. The van der Waals surface area contributed by atoms with Gasteiger partial charge in [-0.2, -0.15) is 5.10 Å². The van der Waals surface area contributed by atoms with Crippen LogP contribution in [0, 0.1) is 0 Å². The highest BCUT2D eigenvalue weighted by atomic mass is 35.5. The summed E-state index contributed by atoms with van der Waals surface area (Å²) in [6.07, 6.45) is 5.53. The summed E-state index contributed by atoms with van der Waals surface area (Å²) in [5.41, 5.74) is 2.63. The maximum absolute atomic E-state index is 6.38. The molecule has 108 valence electrons. The molecule has 0 saturated heterocycles. The fraction of sp³-hybridized carbons (Fsp3) is 0.533. The first-order chi connectivity index (χ1) is 9.74. The molecule has 0 fully saturated rings. The molecule has 2 aromatic rings. The number of hydrogen-bond donors (Lipinski definition) is 1. The highest BCUT2D eigenvalue weighted by molar-refractivity contribution is 7.12. The highest BCUT2D eigenvalue weighted by Crippen LogP contribution is 2.37. The van der Waals surface area contributed by atoms with E-state index < -0.39 is 0 Å². The summed E-state index contributed by atoms with van der Waals surface area (Å²) in [5.74, 6) is 0. The number of nitrogens with zero attached hydrogens (tertiary/aromatic N) is 2. The van der Waals surface area contributed by atoms with Crippen molar-refractivity contribution in [3.8, 4) is 0 Å². The molecule has 2 heterocycles. The average Bonchev–Trinajstić information content (AvgIpc) is 3.10. The smallest absolute Gasteiger partial charge is 0.0857 e. The summed E-state index contributed by atoms with van der Waals surface area (Å²) >= 11 is 8.31. The predicted octanol–water partition coefficient (Wildman–Crippen LogP) is 3.81. The van der Waals surface area contributed by atoms with E-state index in [-0.39, 0.29) is 6.04 Å². The molecule has 3 nitrogen and oxygen atoms in total. The number of aryl methyl sites for hydroxylation is 3. The highest BCUT2D eigenvalue weighted by Gasteiger charge is 2.25. The Labute approximate surface area is 129 Å². The summed E-state index contributed by atoms with van der Waals surface area (Å²) in [5, 5.41) is 8.70. The van der Waals surface area contributed by atoms with E-state index in [9.17, 15) is 0 Å².